The number of aryl methyl sites for hydroxylation is 2. The molecule has 1 unspecified atom stereocenters. The number of carbonyl (C=O) groups is 1. The van der Waals surface area contributed by atoms with Crippen molar-refractivity contribution < 1.29 is 13.9 Å². The van der Waals surface area contributed by atoms with Gasteiger partial charge in [0.05, 0.1) is 34.9 Å². The quantitative estimate of drug-likeness (QED) is 0.398. The van der Waals surface area contributed by atoms with Gasteiger partial charge >= 0.3 is 5.97 Å². The van der Waals surface area contributed by atoms with E-state index in [0.717, 1.165) is 52.7 Å². The Labute approximate surface area is 186 Å². The van der Waals surface area contributed by atoms with E-state index in [1.807, 2.05) is 33.8 Å². The summed E-state index contributed by atoms with van der Waals surface area (Å²) in [6, 6.07) is 3.46. The number of fused-ring (bicyclic) bond motifs is 5. The number of aromatic nitrogens is 2. The van der Waals surface area contributed by atoms with E-state index in [0.29, 0.717) is 29.6 Å². The highest BCUT2D eigenvalue weighted by atomic mass is 19.1. The Kier molecular flexibility index (Phi) is 4.91. The largest absolute Gasteiger partial charge is 0.460 e. The third-order valence-corrected chi connectivity index (χ3v) is 7.09. The van der Waals surface area contributed by atoms with E-state index in [-0.39, 0.29) is 24.0 Å². The second-order valence-electron chi connectivity index (χ2n) is 8.55. The minimum atomic E-state index is -0.429. The Hall–Kier alpha value is -3.02. The lowest BCUT2D eigenvalue weighted by atomic mass is 9.84. The summed E-state index contributed by atoms with van der Waals surface area (Å²) in [5.41, 5.74) is 7.36. The number of halogens is 1. The molecule has 0 amide bonds. The van der Waals surface area contributed by atoms with Crippen molar-refractivity contribution in [3.8, 4) is 11.4 Å². The maximum atomic E-state index is 14.6. The number of pyridine rings is 2. The zero-order valence-electron chi connectivity index (χ0n) is 19.0. The predicted octanol–water partition coefficient (Wildman–Crippen LogP) is 4.94. The molecule has 6 heteroatoms. The Balaban J connectivity index is 0.00000105. The highest BCUT2D eigenvalue weighted by Gasteiger charge is 2.35. The maximum absolute atomic E-state index is 14.6. The van der Waals surface area contributed by atoms with Crippen LogP contribution in [-0.2, 0) is 35.5 Å². The number of carbonyl (C=O) groups excluding carboxylic acids is 1. The van der Waals surface area contributed by atoms with Crippen LogP contribution in [0.3, 0.4) is 0 Å². The van der Waals surface area contributed by atoms with Crippen molar-refractivity contribution in [2.45, 2.75) is 72.4 Å². The van der Waals surface area contributed by atoms with Gasteiger partial charge in [-0.1, -0.05) is 20.8 Å². The lowest BCUT2D eigenvalue weighted by Crippen LogP contribution is -2.32. The van der Waals surface area contributed by atoms with E-state index in [2.05, 4.69) is 0 Å². The van der Waals surface area contributed by atoms with Crippen LogP contribution in [0.5, 0.6) is 0 Å². The van der Waals surface area contributed by atoms with Crippen molar-refractivity contribution in [3.05, 3.63) is 61.7 Å². The molecule has 0 bridgehead atoms. The monoisotopic (exact) mass is 434 g/mol. The molecular weight excluding hydrogens is 407 g/mol. The van der Waals surface area contributed by atoms with E-state index in [4.69, 9.17) is 9.72 Å². The van der Waals surface area contributed by atoms with Crippen LogP contribution in [0.4, 0.5) is 4.39 Å². The zero-order chi connectivity index (χ0) is 22.7. The van der Waals surface area contributed by atoms with Crippen LogP contribution in [0.25, 0.3) is 22.3 Å². The molecule has 0 fully saturated rings. The number of ether oxygens (including phenoxy) is 1. The fourth-order valence-corrected chi connectivity index (χ4v) is 5.54. The summed E-state index contributed by atoms with van der Waals surface area (Å²) in [7, 11) is 0. The molecule has 1 atom stereocenters. The molecule has 2 aliphatic heterocycles. The molecule has 3 aliphatic rings. The van der Waals surface area contributed by atoms with Crippen LogP contribution in [0.15, 0.2) is 16.9 Å². The summed E-state index contributed by atoms with van der Waals surface area (Å²) >= 11 is 0. The van der Waals surface area contributed by atoms with Gasteiger partial charge in [0, 0.05) is 17.0 Å². The van der Waals surface area contributed by atoms with Crippen molar-refractivity contribution in [1.29, 1.82) is 0 Å². The SMILES string of the molecule is CC.CCC1C(=O)OCc2c1cc1n(c2=O)Cc2c-1nc1cc(F)c(C)c3c1c2CCC3. The van der Waals surface area contributed by atoms with Gasteiger partial charge in [0.1, 0.15) is 12.4 Å². The normalized spacial score (nSPS) is 17.8. The van der Waals surface area contributed by atoms with Crippen molar-refractivity contribution in [3.63, 3.8) is 0 Å². The molecule has 0 N–H and O–H groups in total. The number of hydrogen-bond acceptors (Lipinski definition) is 4. The number of benzene rings is 1. The van der Waals surface area contributed by atoms with Gasteiger partial charge in [0.2, 0.25) is 0 Å². The van der Waals surface area contributed by atoms with Gasteiger partial charge in [-0.2, -0.15) is 0 Å². The fourth-order valence-electron chi connectivity index (χ4n) is 5.54. The summed E-state index contributed by atoms with van der Waals surface area (Å²) in [5.74, 6) is -0.939. The molecule has 0 radical (unpaired) electrons. The molecular formula is C26H27FN2O3. The highest BCUT2D eigenvalue weighted by molar-refractivity contribution is 5.92. The first kappa shape index (κ1) is 20.9. The number of cyclic esters (lactones) is 1. The van der Waals surface area contributed by atoms with Crippen LogP contribution in [0.1, 0.15) is 72.9 Å². The number of nitrogens with zero attached hydrogens (tertiary/aromatic N) is 2. The Morgan fingerprint density at radius 3 is 2.62 bits per heavy atom. The minimum absolute atomic E-state index is 0.0247. The van der Waals surface area contributed by atoms with Crippen LogP contribution in [0, 0.1) is 12.7 Å². The van der Waals surface area contributed by atoms with Crippen molar-refractivity contribution >= 4 is 16.9 Å². The van der Waals surface area contributed by atoms with Gasteiger partial charge in [0.25, 0.3) is 5.56 Å². The lowest BCUT2D eigenvalue weighted by molar-refractivity contribution is -0.148. The van der Waals surface area contributed by atoms with E-state index in [1.165, 1.54) is 11.6 Å². The lowest BCUT2D eigenvalue weighted by Gasteiger charge is -2.24. The number of esters is 1. The Morgan fingerprint density at radius 2 is 1.88 bits per heavy atom. The van der Waals surface area contributed by atoms with Crippen LogP contribution >= 0.6 is 0 Å². The maximum Gasteiger partial charge on any atom is 0.313 e. The summed E-state index contributed by atoms with van der Waals surface area (Å²) in [6.45, 7) is 8.25. The van der Waals surface area contributed by atoms with E-state index in [9.17, 15) is 14.0 Å². The smallest absolute Gasteiger partial charge is 0.313 e. The van der Waals surface area contributed by atoms with E-state index >= 15 is 0 Å². The third-order valence-electron chi connectivity index (χ3n) is 7.09. The number of hydrogen-bond donors (Lipinski definition) is 0. The van der Waals surface area contributed by atoms with Crippen molar-refractivity contribution in [1.82, 2.24) is 9.55 Å². The molecule has 166 valence electrons. The van der Waals surface area contributed by atoms with Gasteiger partial charge in [-0.3, -0.25) is 9.59 Å². The predicted molar refractivity (Wildman–Crippen MR) is 121 cm³/mol. The zero-order valence-corrected chi connectivity index (χ0v) is 19.0. The first-order chi connectivity index (χ1) is 15.5. The van der Waals surface area contributed by atoms with Gasteiger partial charge in [-0.25, -0.2) is 9.37 Å². The molecule has 32 heavy (non-hydrogen) atoms. The molecule has 5 nitrogen and oxygen atoms in total. The molecule has 4 heterocycles. The first-order valence-electron chi connectivity index (χ1n) is 11.6. The second-order valence-corrected chi connectivity index (χ2v) is 8.55. The van der Waals surface area contributed by atoms with Crippen LogP contribution < -0.4 is 5.56 Å². The molecule has 1 aliphatic carbocycles. The van der Waals surface area contributed by atoms with Gasteiger partial charge in [0.15, 0.2) is 0 Å². The van der Waals surface area contributed by atoms with Gasteiger partial charge in [-0.05, 0) is 60.9 Å². The summed E-state index contributed by atoms with van der Waals surface area (Å²) in [4.78, 5) is 30.4. The molecule has 0 saturated heterocycles. The highest BCUT2D eigenvalue weighted by Crippen LogP contribution is 2.42. The summed E-state index contributed by atoms with van der Waals surface area (Å²) in [5, 5.41) is 1.06. The molecule has 3 aromatic rings. The molecule has 6 rings (SSSR count). The molecule has 1 aromatic carbocycles. The van der Waals surface area contributed by atoms with Gasteiger partial charge in [-0.15, -0.1) is 0 Å². The molecule has 0 spiro atoms. The van der Waals surface area contributed by atoms with Crippen molar-refractivity contribution in [2.75, 3.05) is 0 Å². The molecule has 0 saturated carbocycles. The Bertz CT molecular complexity index is 1360. The third kappa shape index (κ3) is 2.71. The standard InChI is InChI=1S/C24H21FN2O3.C2H6/c1-3-12-15-7-20-22-16(9-27(20)23(28)17(15)10-30-24(12)29)14-6-4-5-13-11(2)18(25)8-19(26-22)21(13)14;1-2/h7-8,12H,3-6,9-10H2,1-2H3;1-2H3. The summed E-state index contributed by atoms with van der Waals surface area (Å²) < 4.78 is 21.6. The average Bonchev–Trinajstić information content (AvgIpc) is 3.18. The topological polar surface area (TPSA) is 61.2 Å². The number of rotatable bonds is 1. The average molecular weight is 435 g/mol. The Morgan fingerprint density at radius 1 is 1.12 bits per heavy atom. The minimum Gasteiger partial charge on any atom is -0.460 e. The van der Waals surface area contributed by atoms with Gasteiger partial charge < -0.3 is 9.30 Å². The fraction of sp³-hybridized carbons (Fsp3) is 0.423. The first-order valence-corrected chi connectivity index (χ1v) is 11.6. The summed E-state index contributed by atoms with van der Waals surface area (Å²) in [6.07, 6.45) is 3.30. The second kappa shape index (κ2) is 7.54. The van der Waals surface area contributed by atoms with Crippen LogP contribution in [-0.4, -0.2) is 15.5 Å². The van der Waals surface area contributed by atoms with E-state index in [1.54, 1.807) is 4.57 Å². The van der Waals surface area contributed by atoms with E-state index < -0.39 is 5.92 Å². The van der Waals surface area contributed by atoms with Crippen molar-refractivity contribution in [2.24, 2.45) is 0 Å². The molecule has 2 aromatic heterocycles. The van der Waals surface area contributed by atoms with Crippen LogP contribution in [0.2, 0.25) is 0 Å².